The van der Waals surface area contributed by atoms with Crippen LogP contribution in [0.5, 0.6) is 0 Å². The maximum Gasteiger partial charge on any atom is 0.161 e. The fourth-order valence-corrected chi connectivity index (χ4v) is 4.02. The molecule has 6 heteroatoms. The molecule has 0 spiro atoms. The van der Waals surface area contributed by atoms with Crippen molar-refractivity contribution >= 4 is 11.5 Å². The largest absolute Gasteiger partial charge is 0.370 e. The normalized spacial score (nSPS) is 17.8. The van der Waals surface area contributed by atoms with Crippen molar-refractivity contribution < 1.29 is 0 Å². The Morgan fingerprint density at radius 3 is 2.54 bits per heavy atom. The van der Waals surface area contributed by atoms with E-state index in [9.17, 15) is 0 Å². The molecule has 2 fully saturated rings. The molecular formula is C22H32N6. The maximum absolute atomic E-state index is 4.79. The third-order valence-electron chi connectivity index (χ3n) is 5.72. The Morgan fingerprint density at radius 1 is 1.04 bits per heavy atom. The number of hydrogen-bond donors (Lipinski definition) is 2. The number of benzene rings is 1. The van der Waals surface area contributed by atoms with Crippen LogP contribution in [0.1, 0.15) is 24.8 Å². The highest BCUT2D eigenvalue weighted by atomic mass is 15.2. The smallest absolute Gasteiger partial charge is 0.161 e. The highest BCUT2D eigenvalue weighted by Gasteiger charge is 2.12. The summed E-state index contributed by atoms with van der Waals surface area (Å²) in [4.78, 5) is 14.3. The average Bonchev–Trinajstić information content (AvgIpc) is 3.27. The fourth-order valence-electron chi connectivity index (χ4n) is 4.02. The van der Waals surface area contributed by atoms with Crippen LogP contribution in [0.2, 0.25) is 0 Å². The molecule has 0 radical (unpaired) electrons. The zero-order valence-corrected chi connectivity index (χ0v) is 17.0. The van der Waals surface area contributed by atoms with Gasteiger partial charge in [-0.2, -0.15) is 0 Å². The lowest BCUT2D eigenvalue weighted by atomic mass is 10.1. The van der Waals surface area contributed by atoms with Gasteiger partial charge in [0.15, 0.2) is 5.82 Å². The van der Waals surface area contributed by atoms with Crippen LogP contribution in [-0.2, 0) is 0 Å². The van der Waals surface area contributed by atoms with Gasteiger partial charge in [0, 0.05) is 55.7 Å². The molecule has 2 aliphatic heterocycles. The molecule has 0 amide bonds. The van der Waals surface area contributed by atoms with E-state index in [1.165, 1.54) is 38.2 Å². The number of likely N-dealkylation sites (tertiary alicyclic amines) is 1. The zero-order chi connectivity index (χ0) is 19.2. The Morgan fingerprint density at radius 2 is 1.79 bits per heavy atom. The van der Waals surface area contributed by atoms with E-state index >= 15 is 0 Å². The van der Waals surface area contributed by atoms with E-state index in [4.69, 9.17) is 4.98 Å². The summed E-state index contributed by atoms with van der Waals surface area (Å²) < 4.78 is 0. The second-order valence-corrected chi connectivity index (χ2v) is 7.84. The number of piperazine rings is 1. The maximum atomic E-state index is 4.79. The van der Waals surface area contributed by atoms with Gasteiger partial charge in [-0.25, -0.2) is 9.97 Å². The van der Waals surface area contributed by atoms with Crippen molar-refractivity contribution in [3.63, 3.8) is 0 Å². The number of hydrogen-bond acceptors (Lipinski definition) is 6. The summed E-state index contributed by atoms with van der Waals surface area (Å²) in [6, 6.07) is 8.65. The highest BCUT2D eigenvalue weighted by molar-refractivity contribution is 5.62. The van der Waals surface area contributed by atoms with Crippen molar-refractivity contribution in [2.45, 2.75) is 26.2 Å². The third-order valence-corrected chi connectivity index (χ3v) is 5.72. The Labute approximate surface area is 168 Å². The van der Waals surface area contributed by atoms with Gasteiger partial charge in [-0.3, -0.25) is 0 Å². The molecular weight excluding hydrogens is 348 g/mol. The topological polar surface area (TPSA) is 56.3 Å². The second-order valence-electron chi connectivity index (χ2n) is 7.84. The summed E-state index contributed by atoms with van der Waals surface area (Å²) in [6.45, 7) is 11.0. The molecule has 28 heavy (non-hydrogen) atoms. The van der Waals surface area contributed by atoms with Crippen molar-refractivity contribution in [2.24, 2.45) is 0 Å². The minimum Gasteiger partial charge on any atom is -0.370 e. The number of nitrogens with one attached hydrogen (secondary N) is 2. The highest BCUT2D eigenvalue weighted by Crippen LogP contribution is 2.23. The van der Waals surface area contributed by atoms with E-state index in [2.05, 4.69) is 56.6 Å². The van der Waals surface area contributed by atoms with Crippen LogP contribution in [0.25, 0.3) is 11.4 Å². The Balaban J connectivity index is 1.36. The average molecular weight is 381 g/mol. The Bertz CT molecular complexity index is 748. The van der Waals surface area contributed by atoms with E-state index in [1.807, 2.05) is 6.20 Å². The summed E-state index contributed by atoms with van der Waals surface area (Å²) in [6.07, 6.45) is 5.79. The molecule has 3 heterocycles. The van der Waals surface area contributed by atoms with Gasteiger partial charge in [0.25, 0.3) is 0 Å². The SMILES string of the molecule is Cc1cnc(-c2ccc(N3CCNCC3)cc2)nc1NCCCN1CCCC1. The molecule has 1 aromatic heterocycles. The fraction of sp³-hybridized carbons (Fsp3) is 0.545. The quantitative estimate of drug-likeness (QED) is 0.721. The standard InChI is InChI=1S/C22H32N6/c1-18-17-25-22(26-21(18)24-9-4-14-27-12-2-3-13-27)19-5-7-20(8-6-19)28-15-10-23-11-16-28/h5-8,17,23H,2-4,9-16H2,1H3,(H,24,25,26). The van der Waals surface area contributed by atoms with Gasteiger partial charge in [-0.15, -0.1) is 0 Å². The van der Waals surface area contributed by atoms with E-state index in [-0.39, 0.29) is 0 Å². The number of aromatic nitrogens is 2. The molecule has 4 rings (SSSR count). The van der Waals surface area contributed by atoms with E-state index in [1.54, 1.807) is 0 Å². The Hall–Kier alpha value is -2.18. The first kappa shape index (κ1) is 19.2. The van der Waals surface area contributed by atoms with Crippen molar-refractivity contribution in [3.05, 3.63) is 36.0 Å². The van der Waals surface area contributed by atoms with Crippen LogP contribution < -0.4 is 15.5 Å². The van der Waals surface area contributed by atoms with Crippen LogP contribution in [-0.4, -0.2) is 67.2 Å². The van der Waals surface area contributed by atoms with Crippen molar-refractivity contribution in [1.29, 1.82) is 0 Å². The van der Waals surface area contributed by atoms with Gasteiger partial charge in [-0.1, -0.05) is 0 Å². The predicted octanol–water partition coefficient (Wildman–Crippen LogP) is 2.76. The van der Waals surface area contributed by atoms with Crippen molar-refractivity contribution in [3.8, 4) is 11.4 Å². The second kappa shape index (κ2) is 9.34. The van der Waals surface area contributed by atoms with E-state index in [0.29, 0.717) is 0 Å². The molecule has 0 unspecified atom stereocenters. The first-order valence-electron chi connectivity index (χ1n) is 10.7. The molecule has 150 valence electrons. The lowest BCUT2D eigenvalue weighted by Gasteiger charge is -2.29. The van der Waals surface area contributed by atoms with Crippen LogP contribution >= 0.6 is 0 Å². The molecule has 2 aromatic rings. The molecule has 2 saturated heterocycles. The monoisotopic (exact) mass is 380 g/mol. The molecule has 2 aliphatic rings. The summed E-state index contributed by atoms with van der Waals surface area (Å²) >= 11 is 0. The molecule has 6 nitrogen and oxygen atoms in total. The number of rotatable bonds is 7. The van der Waals surface area contributed by atoms with Gasteiger partial charge in [0.2, 0.25) is 0 Å². The minimum absolute atomic E-state index is 0.791. The number of anilines is 2. The van der Waals surface area contributed by atoms with Crippen molar-refractivity contribution in [1.82, 2.24) is 20.2 Å². The van der Waals surface area contributed by atoms with Crippen LogP contribution in [0.3, 0.4) is 0 Å². The van der Waals surface area contributed by atoms with Crippen LogP contribution in [0.4, 0.5) is 11.5 Å². The van der Waals surface area contributed by atoms with Gasteiger partial charge < -0.3 is 20.4 Å². The molecule has 2 N–H and O–H groups in total. The minimum atomic E-state index is 0.791. The molecule has 0 atom stereocenters. The van der Waals surface area contributed by atoms with Crippen molar-refractivity contribution in [2.75, 3.05) is 62.6 Å². The zero-order valence-electron chi connectivity index (χ0n) is 17.0. The van der Waals surface area contributed by atoms with Crippen LogP contribution in [0.15, 0.2) is 30.5 Å². The lowest BCUT2D eigenvalue weighted by Crippen LogP contribution is -2.43. The first-order valence-corrected chi connectivity index (χ1v) is 10.7. The molecule has 1 aromatic carbocycles. The summed E-state index contributed by atoms with van der Waals surface area (Å²) in [5, 5.41) is 6.92. The Kier molecular flexibility index (Phi) is 6.39. The number of aryl methyl sites for hydroxylation is 1. The summed E-state index contributed by atoms with van der Waals surface area (Å²) in [5.74, 6) is 1.75. The first-order chi connectivity index (χ1) is 13.8. The van der Waals surface area contributed by atoms with Gasteiger partial charge in [-0.05, 0) is 70.1 Å². The lowest BCUT2D eigenvalue weighted by molar-refractivity contribution is 0.337. The number of nitrogens with zero attached hydrogens (tertiary/aromatic N) is 4. The van der Waals surface area contributed by atoms with E-state index in [0.717, 1.165) is 61.9 Å². The van der Waals surface area contributed by atoms with Gasteiger partial charge >= 0.3 is 0 Å². The van der Waals surface area contributed by atoms with Gasteiger partial charge in [0.1, 0.15) is 5.82 Å². The molecule has 0 saturated carbocycles. The van der Waals surface area contributed by atoms with E-state index < -0.39 is 0 Å². The predicted molar refractivity (Wildman–Crippen MR) is 116 cm³/mol. The van der Waals surface area contributed by atoms with Crippen LogP contribution in [0, 0.1) is 6.92 Å². The molecule has 0 aliphatic carbocycles. The summed E-state index contributed by atoms with van der Waals surface area (Å²) in [5.41, 5.74) is 3.44. The van der Waals surface area contributed by atoms with Gasteiger partial charge in [0.05, 0.1) is 0 Å². The summed E-state index contributed by atoms with van der Waals surface area (Å²) in [7, 11) is 0. The molecule has 0 bridgehead atoms. The third kappa shape index (κ3) is 4.80.